The Morgan fingerprint density at radius 3 is 2.59 bits per heavy atom. The van der Waals surface area contributed by atoms with Crippen molar-refractivity contribution in [2.45, 2.75) is 6.54 Å². The molecule has 3 heterocycles. The summed E-state index contributed by atoms with van der Waals surface area (Å²) < 4.78 is 5.20. The monoisotopic (exact) mass is 361 g/mol. The average molecular weight is 361 g/mol. The Kier molecular flexibility index (Phi) is 5.25. The summed E-state index contributed by atoms with van der Waals surface area (Å²) >= 11 is 0. The van der Waals surface area contributed by atoms with Gasteiger partial charge in [-0.1, -0.05) is 24.3 Å². The molecule has 0 N–H and O–H groups in total. The summed E-state index contributed by atoms with van der Waals surface area (Å²) in [5, 5.41) is 0. The van der Waals surface area contributed by atoms with Crippen molar-refractivity contribution in [3.63, 3.8) is 0 Å². The van der Waals surface area contributed by atoms with Gasteiger partial charge < -0.3 is 9.64 Å². The van der Waals surface area contributed by atoms with Crippen molar-refractivity contribution in [3.05, 3.63) is 66.7 Å². The number of anilines is 1. The van der Waals surface area contributed by atoms with E-state index in [0.29, 0.717) is 5.88 Å². The maximum absolute atomic E-state index is 5.20. The van der Waals surface area contributed by atoms with Crippen LogP contribution in [0.2, 0.25) is 0 Å². The molecule has 0 aliphatic carbocycles. The minimum atomic E-state index is 0.606. The van der Waals surface area contributed by atoms with Crippen LogP contribution in [0.5, 0.6) is 5.88 Å². The zero-order chi connectivity index (χ0) is 18.5. The summed E-state index contributed by atoms with van der Waals surface area (Å²) in [6.07, 6.45) is 5.28. The van der Waals surface area contributed by atoms with E-state index >= 15 is 0 Å². The molecular formula is C21H23N5O. The molecule has 2 aromatic heterocycles. The fraction of sp³-hybridized carbons (Fsp3) is 0.286. The number of ether oxygens (including phenoxy) is 1. The van der Waals surface area contributed by atoms with Gasteiger partial charge in [-0.25, -0.2) is 9.97 Å². The van der Waals surface area contributed by atoms with E-state index in [1.807, 2.05) is 18.3 Å². The van der Waals surface area contributed by atoms with Gasteiger partial charge in [0.25, 0.3) is 0 Å². The number of aromatic nitrogens is 3. The van der Waals surface area contributed by atoms with Gasteiger partial charge in [0.05, 0.1) is 7.11 Å². The molecule has 138 valence electrons. The van der Waals surface area contributed by atoms with Crippen molar-refractivity contribution in [2.75, 3.05) is 38.2 Å². The summed E-state index contributed by atoms with van der Waals surface area (Å²) in [6.45, 7) is 4.85. The van der Waals surface area contributed by atoms with Crippen LogP contribution in [-0.2, 0) is 6.54 Å². The molecule has 0 saturated carbocycles. The van der Waals surface area contributed by atoms with Gasteiger partial charge >= 0.3 is 0 Å². The van der Waals surface area contributed by atoms with E-state index in [1.165, 1.54) is 11.1 Å². The minimum absolute atomic E-state index is 0.606. The van der Waals surface area contributed by atoms with Crippen LogP contribution in [0.1, 0.15) is 5.56 Å². The van der Waals surface area contributed by atoms with Crippen LogP contribution >= 0.6 is 0 Å². The third-order valence-corrected chi connectivity index (χ3v) is 4.86. The Labute approximate surface area is 159 Å². The summed E-state index contributed by atoms with van der Waals surface area (Å²) in [7, 11) is 1.63. The van der Waals surface area contributed by atoms with Crippen molar-refractivity contribution in [2.24, 2.45) is 0 Å². The summed E-state index contributed by atoms with van der Waals surface area (Å²) in [4.78, 5) is 17.4. The van der Waals surface area contributed by atoms with Crippen molar-refractivity contribution in [3.8, 4) is 17.0 Å². The fourth-order valence-corrected chi connectivity index (χ4v) is 3.39. The number of nitrogens with zero attached hydrogens (tertiary/aromatic N) is 5. The molecule has 0 spiro atoms. The molecule has 1 fully saturated rings. The Morgan fingerprint density at radius 1 is 0.963 bits per heavy atom. The van der Waals surface area contributed by atoms with E-state index in [1.54, 1.807) is 19.6 Å². The van der Waals surface area contributed by atoms with Crippen LogP contribution in [-0.4, -0.2) is 53.1 Å². The third-order valence-electron chi connectivity index (χ3n) is 4.86. The first-order valence-corrected chi connectivity index (χ1v) is 9.14. The van der Waals surface area contributed by atoms with Crippen LogP contribution in [0.25, 0.3) is 11.1 Å². The molecule has 1 aliphatic rings. The lowest BCUT2D eigenvalue weighted by Crippen LogP contribution is -2.46. The molecule has 0 radical (unpaired) electrons. The first-order valence-electron chi connectivity index (χ1n) is 9.14. The molecule has 0 bridgehead atoms. The molecule has 0 amide bonds. The average Bonchev–Trinajstić information content (AvgIpc) is 2.75. The van der Waals surface area contributed by atoms with Gasteiger partial charge in [0.2, 0.25) is 5.88 Å². The molecule has 3 aromatic rings. The second-order valence-corrected chi connectivity index (χ2v) is 6.62. The maximum atomic E-state index is 5.20. The lowest BCUT2D eigenvalue weighted by molar-refractivity contribution is 0.249. The Hall–Kier alpha value is -2.99. The molecule has 0 atom stereocenters. The summed E-state index contributed by atoms with van der Waals surface area (Å²) in [5.74, 6) is 1.54. The highest BCUT2D eigenvalue weighted by Crippen LogP contribution is 2.21. The van der Waals surface area contributed by atoms with Crippen molar-refractivity contribution in [1.29, 1.82) is 0 Å². The smallest absolute Gasteiger partial charge is 0.218 e. The van der Waals surface area contributed by atoms with Crippen molar-refractivity contribution in [1.82, 2.24) is 19.9 Å². The second kappa shape index (κ2) is 8.14. The zero-order valence-corrected chi connectivity index (χ0v) is 15.5. The molecule has 0 unspecified atom stereocenters. The molecule has 1 saturated heterocycles. The summed E-state index contributed by atoms with van der Waals surface area (Å²) in [6, 6.07) is 14.7. The molecule has 1 aromatic carbocycles. The molecule has 6 heteroatoms. The number of pyridine rings is 1. The highest BCUT2D eigenvalue weighted by molar-refractivity contribution is 5.62. The van der Waals surface area contributed by atoms with E-state index in [4.69, 9.17) is 4.74 Å². The SMILES string of the molecule is COc1cc(N2CCN(Cc3cccc(-c4cccnc4)c3)CC2)ncn1. The molecule has 1 aliphatic heterocycles. The van der Waals surface area contributed by atoms with Gasteiger partial charge in [0, 0.05) is 51.2 Å². The highest BCUT2D eigenvalue weighted by Gasteiger charge is 2.18. The Balaban J connectivity index is 1.38. The maximum Gasteiger partial charge on any atom is 0.218 e. The van der Waals surface area contributed by atoms with E-state index in [-0.39, 0.29) is 0 Å². The molecular weight excluding hydrogens is 338 g/mol. The van der Waals surface area contributed by atoms with E-state index < -0.39 is 0 Å². The quantitative estimate of drug-likeness (QED) is 0.697. The normalized spacial score (nSPS) is 14.9. The predicted octanol–water partition coefficient (Wildman–Crippen LogP) is 2.87. The van der Waals surface area contributed by atoms with Crippen molar-refractivity contribution >= 4 is 5.82 Å². The lowest BCUT2D eigenvalue weighted by atomic mass is 10.0. The first-order chi connectivity index (χ1) is 13.3. The van der Waals surface area contributed by atoms with Crippen LogP contribution in [0.3, 0.4) is 0 Å². The van der Waals surface area contributed by atoms with E-state index in [0.717, 1.165) is 44.1 Å². The second-order valence-electron chi connectivity index (χ2n) is 6.62. The predicted molar refractivity (Wildman–Crippen MR) is 106 cm³/mol. The van der Waals surface area contributed by atoms with Gasteiger partial charge in [-0.15, -0.1) is 0 Å². The minimum Gasteiger partial charge on any atom is -0.481 e. The van der Waals surface area contributed by atoms with E-state index in [9.17, 15) is 0 Å². The first kappa shape index (κ1) is 17.4. The largest absolute Gasteiger partial charge is 0.481 e. The van der Waals surface area contributed by atoms with Crippen LogP contribution in [0.15, 0.2) is 61.2 Å². The third kappa shape index (κ3) is 4.23. The number of hydrogen-bond acceptors (Lipinski definition) is 6. The van der Waals surface area contributed by atoms with Gasteiger partial charge in [-0.3, -0.25) is 9.88 Å². The van der Waals surface area contributed by atoms with Crippen LogP contribution < -0.4 is 9.64 Å². The number of benzene rings is 1. The van der Waals surface area contributed by atoms with Gasteiger partial charge in [0.1, 0.15) is 12.1 Å². The molecule has 4 rings (SSSR count). The molecule has 27 heavy (non-hydrogen) atoms. The lowest BCUT2D eigenvalue weighted by Gasteiger charge is -2.35. The number of piperazine rings is 1. The topological polar surface area (TPSA) is 54.4 Å². The number of methoxy groups -OCH3 is 1. The fourth-order valence-electron chi connectivity index (χ4n) is 3.39. The number of rotatable bonds is 5. The number of hydrogen-bond donors (Lipinski definition) is 0. The van der Waals surface area contributed by atoms with Crippen LogP contribution in [0.4, 0.5) is 5.82 Å². The van der Waals surface area contributed by atoms with E-state index in [2.05, 4.69) is 55.1 Å². The molecule has 6 nitrogen and oxygen atoms in total. The van der Waals surface area contributed by atoms with Gasteiger partial charge in [-0.05, 0) is 28.8 Å². The standard InChI is InChI=1S/C21H23N5O/c1-27-21-13-20(23-16-24-21)26-10-8-25(9-11-26)15-17-4-2-5-18(12-17)19-6-3-7-22-14-19/h2-7,12-14,16H,8-11,15H2,1H3. The van der Waals surface area contributed by atoms with Gasteiger partial charge in [0.15, 0.2) is 0 Å². The Bertz CT molecular complexity index is 879. The highest BCUT2D eigenvalue weighted by atomic mass is 16.5. The van der Waals surface area contributed by atoms with Crippen LogP contribution in [0, 0.1) is 0 Å². The Morgan fingerprint density at radius 2 is 1.81 bits per heavy atom. The van der Waals surface area contributed by atoms with Crippen molar-refractivity contribution < 1.29 is 4.74 Å². The zero-order valence-electron chi connectivity index (χ0n) is 15.5. The summed E-state index contributed by atoms with van der Waals surface area (Å²) in [5.41, 5.74) is 3.70. The van der Waals surface area contributed by atoms with Gasteiger partial charge in [-0.2, -0.15) is 0 Å².